The number of nitrogens with one attached hydrogen (secondary N) is 1. The molecule has 0 fully saturated rings. The van der Waals surface area contributed by atoms with Gasteiger partial charge in [-0.15, -0.1) is 0 Å². The number of rotatable bonds is 8. The molecule has 118 valence electrons. The zero-order chi connectivity index (χ0) is 15.9. The number of carbonyl (C=O) groups excluding carboxylic acids is 1. The molecule has 1 amide bonds. The highest BCUT2D eigenvalue weighted by atomic mass is 16.5. The molecule has 0 aromatic heterocycles. The van der Waals surface area contributed by atoms with E-state index in [0.717, 1.165) is 18.6 Å². The van der Waals surface area contributed by atoms with Crippen molar-refractivity contribution in [3.05, 3.63) is 29.8 Å². The zero-order valence-electron chi connectivity index (χ0n) is 13.6. The maximum Gasteiger partial charge on any atom is 0.230 e. The Morgan fingerprint density at radius 1 is 1.24 bits per heavy atom. The second kappa shape index (κ2) is 8.03. The Morgan fingerprint density at radius 2 is 1.86 bits per heavy atom. The molecular formula is C17H28N2O2. The summed E-state index contributed by atoms with van der Waals surface area (Å²) >= 11 is 0. The molecule has 0 bridgehead atoms. The summed E-state index contributed by atoms with van der Waals surface area (Å²) in [6.07, 6.45) is 1.05. The van der Waals surface area contributed by atoms with Crippen molar-refractivity contribution in [2.75, 3.05) is 25.5 Å². The first kappa shape index (κ1) is 17.5. The lowest BCUT2D eigenvalue weighted by Gasteiger charge is -2.24. The van der Waals surface area contributed by atoms with Gasteiger partial charge < -0.3 is 15.8 Å². The lowest BCUT2D eigenvalue weighted by atomic mass is 9.83. The molecule has 0 radical (unpaired) electrons. The van der Waals surface area contributed by atoms with E-state index in [-0.39, 0.29) is 5.91 Å². The minimum absolute atomic E-state index is 0.000249. The summed E-state index contributed by atoms with van der Waals surface area (Å²) in [7, 11) is 0. The number of carbonyl (C=O) groups is 1. The monoisotopic (exact) mass is 292 g/mol. The molecule has 1 aromatic carbocycles. The molecule has 0 spiro atoms. The molecule has 0 saturated heterocycles. The van der Waals surface area contributed by atoms with Crippen LogP contribution in [0.3, 0.4) is 0 Å². The van der Waals surface area contributed by atoms with Crippen LogP contribution in [0.4, 0.5) is 5.69 Å². The van der Waals surface area contributed by atoms with Crippen molar-refractivity contribution in [2.24, 2.45) is 5.92 Å². The smallest absolute Gasteiger partial charge is 0.230 e. The summed E-state index contributed by atoms with van der Waals surface area (Å²) in [5, 5.41) is 2.93. The molecular weight excluding hydrogens is 264 g/mol. The first-order valence-corrected chi connectivity index (χ1v) is 7.56. The Bertz CT molecular complexity index is 439. The van der Waals surface area contributed by atoms with Gasteiger partial charge in [0, 0.05) is 18.8 Å². The van der Waals surface area contributed by atoms with Crippen LogP contribution in [-0.4, -0.2) is 25.7 Å². The van der Waals surface area contributed by atoms with Gasteiger partial charge >= 0.3 is 0 Å². The second-order valence-corrected chi connectivity index (χ2v) is 6.30. The molecule has 0 aliphatic heterocycles. The fourth-order valence-corrected chi connectivity index (χ4v) is 1.91. The lowest BCUT2D eigenvalue weighted by molar-refractivity contribution is -0.125. The van der Waals surface area contributed by atoms with Crippen molar-refractivity contribution in [3.63, 3.8) is 0 Å². The number of hydrogen-bond donors (Lipinski definition) is 2. The third-order valence-electron chi connectivity index (χ3n) is 3.57. The third kappa shape index (κ3) is 5.76. The first-order valence-electron chi connectivity index (χ1n) is 7.56. The summed E-state index contributed by atoms with van der Waals surface area (Å²) in [6, 6.07) is 7.43. The van der Waals surface area contributed by atoms with Crippen LogP contribution in [0.15, 0.2) is 24.3 Å². The van der Waals surface area contributed by atoms with E-state index in [0.29, 0.717) is 24.8 Å². The number of nitrogens with two attached hydrogens (primary N) is 1. The summed E-state index contributed by atoms with van der Waals surface area (Å²) in [5.41, 5.74) is 6.76. The Kier molecular flexibility index (Phi) is 6.69. The molecule has 0 unspecified atom stereocenters. The normalized spacial score (nSPS) is 11.7. The molecule has 3 N–H and O–H groups in total. The van der Waals surface area contributed by atoms with Gasteiger partial charge in [-0.1, -0.05) is 26.0 Å². The van der Waals surface area contributed by atoms with Crippen LogP contribution in [0.5, 0.6) is 0 Å². The fourth-order valence-electron chi connectivity index (χ4n) is 1.91. The average molecular weight is 292 g/mol. The third-order valence-corrected chi connectivity index (χ3v) is 3.57. The molecule has 4 nitrogen and oxygen atoms in total. The van der Waals surface area contributed by atoms with Crippen LogP contribution in [0.1, 0.15) is 39.7 Å². The van der Waals surface area contributed by atoms with Crippen molar-refractivity contribution in [3.8, 4) is 0 Å². The van der Waals surface area contributed by atoms with Gasteiger partial charge in [-0.3, -0.25) is 4.79 Å². The van der Waals surface area contributed by atoms with E-state index in [4.69, 9.17) is 10.5 Å². The summed E-state index contributed by atoms with van der Waals surface area (Å²) in [5.74, 6) is 0.642. The van der Waals surface area contributed by atoms with Gasteiger partial charge in [-0.25, -0.2) is 0 Å². The first-order chi connectivity index (χ1) is 9.84. The Labute approximate surface area is 128 Å². The van der Waals surface area contributed by atoms with Crippen LogP contribution in [0.25, 0.3) is 0 Å². The molecule has 1 rings (SSSR count). The van der Waals surface area contributed by atoms with Crippen molar-refractivity contribution in [1.82, 2.24) is 5.32 Å². The van der Waals surface area contributed by atoms with Gasteiger partial charge in [0.2, 0.25) is 5.91 Å². The van der Waals surface area contributed by atoms with Crippen molar-refractivity contribution < 1.29 is 9.53 Å². The maximum atomic E-state index is 12.3. The number of amides is 1. The van der Waals surface area contributed by atoms with E-state index in [2.05, 4.69) is 19.2 Å². The molecule has 1 aromatic rings. The highest BCUT2D eigenvalue weighted by molar-refractivity contribution is 5.87. The van der Waals surface area contributed by atoms with E-state index in [1.54, 1.807) is 0 Å². The van der Waals surface area contributed by atoms with Crippen LogP contribution < -0.4 is 11.1 Å². The van der Waals surface area contributed by atoms with Gasteiger partial charge in [-0.05, 0) is 43.9 Å². The number of ether oxygens (including phenoxy) is 1. The Balaban J connectivity index is 2.38. The van der Waals surface area contributed by atoms with E-state index in [1.807, 2.05) is 38.1 Å². The SMILES string of the molecule is CC(C)CCOCCNC(=O)C(C)(C)c1ccc(N)cc1. The summed E-state index contributed by atoms with van der Waals surface area (Å²) in [6.45, 7) is 9.99. The quantitative estimate of drug-likeness (QED) is 0.572. The molecule has 21 heavy (non-hydrogen) atoms. The van der Waals surface area contributed by atoms with Crippen LogP contribution in [0, 0.1) is 5.92 Å². The van der Waals surface area contributed by atoms with Crippen LogP contribution in [-0.2, 0) is 14.9 Å². The van der Waals surface area contributed by atoms with Gasteiger partial charge in [0.15, 0.2) is 0 Å². The topological polar surface area (TPSA) is 64.3 Å². The highest BCUT2D eigenvalue weighted by Crippen LogP contribution is 2.24. The van der Waals surface area contributed by atoms with Crippen molar-refractivity contribution in [2.45, 2.75) is 39.5 Å². The van der Waals surface area contributed by atoms with Gasteiger partial charge in [0.05, 0.1) is 12.0 Å². The molecule has 0 atom stereocenters. The van der Waals surface area contributed by atoms with Gasteiger partial charge in [0.25, 0.3) is 0 Å². The summed E-state index contributed by atoms with van der Waals surface area (Å²) < 4.78 is 5.50. The van der Waals surface area contributed by atoms with Crippen molar-refractivity contribution >= 4 is 11.6 Å². The number of benzene rings is 1. The number of hydrogen-bond acceptors (Lipinski definition) is 3. The van der Waals surface area contributed by atoms with Crippen LogP contribution in [0.2, 0.25) is 0 Å². The minimum atomic E-state index is -0.578. The van der Waals surface area contributed by atoms with Gasteiger partial charge in [0.1, 0.15) is 0 Å². The van der Waals surface area contributed by atoms with E-state index in [1.165, 1.54) is 0 Å². The zero-order valence-corrected chi connectivity index (χ0v) is 13.6. The molecule has 0 saturated carbocycles. The molecule has 0 heterocycles. The van der Waals surface area contributed by atoms with Crippen LogP contribution >= 0.6 is 0 Å². The minimum Gasteiger partial charge on any atom is -0.399 e. The average Bonchev–Trinajstić information content (AvgIpc) is 2.42. The summed E-state index contributed by atoms with van der Waals surface area (Å²) in [4.78, 5) is 12.3. The molecule has 0 aliphatic rings. The fraction of sp³-hybridized carbons (Fsp3) is 0.588. The lowest BCUT2D eigenvalue weighted by Crippen LogP contribution is -2.41. The van der Waals surface area contributed by atoms with E-state index in [9.17, 15) is 4.79 Å². The molecule has 0 aliphatic carbocycles. The maximum absolute atomic E-state index is 12.3. The van der Waals surface area contributed by atoms with Crippen molar-refractivity contribution in [1.29, 1.82) is 0 Å². The number of anilines is 1. The van der Waals surface area contributed by atoms with E-state index < -0.39 is 5.41 Å². The predicted octanol–water partition coefficient (Wildman–Crippen LogP) is 2.73. The molecule has 4 heteroatoms. The predicted molar refractivity (Wildman–Crippen MR) is 87.2 cm³/mol. The number of nitrogen functional groups attached to an aromatic ring is 1. The second-order valence-electron chi connectivity index (χ2n) is 6.30. The highest BCUT2D eigenvalue weighted by Gasteiger charge is 2.29. The Hall–Kier alpha value is -1.55. The standard InChI is InChI=1S/C17H28N2O2/c1-13(2)9-11-21-12-10-19-16(20)17(3,4)14-5-7-15(18)8-6-14/h5-8,13H,9-12,18H2,1-4H3,(H,19,20). The van der Waals surface area contributed by atoms with E-state index >= 15 is 0 Å². The van der Waals surface area contributed by atoms with Gasteiger partial charge in [-0.2, -0.15) is 0 Å². The largest absolute Gasteiger partial charge is 0.399 e. The Morgan fingerprint density at radius 3 is 2.43 bits per heavy atom.